The third-order valence-corrected chi connectivity index (χ3v) is 7.44. The number of amides is 1. The van der Waals surface area contributed by atoms with Crippen molar-refractivity contribution in [1.82, 2.24) is 9.80 Å². The maximum atomic E-state index is 13.3. The number of carbonyl (C=O) groups excluding carboxylic acids is 1. The minimum absolute atomic E-state index is 0.250. The molecular weight excluding hydrogens is 352 g/mol. The van der Waals surface area contributed by atoms with Crippen molar-refractivity contribution >= 4 is 12.4 Å². The molecule has 5 fully saturated rings. The molecule has 5 nitrogen and oxygen atoms in total. The van der Waals surface area contributed by atoms with Crippen LogP contribution in [0.3, 0.4) is 0 Å². The van der Waals surface area contributed by atoms with Crippen molar-refractivity contribution in [3.8, 4) is 0 Å². The van der Waals surface area contributed by atoms with Crippen molar-refractivity contribution in [3.63, 3.8) is 0 Å². The summed E-state index contributed by atoms with van der Waals surface area (Å²) in [5.41, 5.74) is 1.38. The molecule has 4 aliphatic carbocycles. The van der Waals surface area contributed by atoms with Crippen LogP contribution in [-0.4, -0.2) is 53.5 Å². The summed E-state index contributed by atoms with van der Waals surface area (Å²) in [6.07, 6.45) is 6.84. The van der Waals surface area contributed by atoms with E-state index in [1.165, 1.54) is 37.7 Å². The highest BCUT2D eigenvalue weighted by atomic mass is 16.3. The predicted octanol–water partition coefficient (Wildman–Crippen LogP) is 3.10. The summed E-state index contributed by atoms with van der Waals surface area (Å²) >= 11 is 0. The van der Waals surface area contributed by atoms with Crippen LogP contribution in [0.25, 0.3) is 0 Å². The second kappa shape index (κ2) is 8.64. The van der Waals surface area contributed by atoms with Gasteiger partial charge in [0.05, 0.1) is 0 Å². The van der Waals surface area contributed by atoms with Crippen LogP contribution < -0.4 is 0 Å². The van der Waals surface area contributed by atoms with Gasteiger partial charge in [-0.15, -0.1) is 0 Å². The van der Waals surface area contributed by atoms with Crippen LogP contribution in [0.2, 0.25) is 0 Å². The maximum absolute atomic E-state index is 13.3. The van der Waals surface area contributed by atoms with Gasteiger partial charge in [-0.2, -0.15) is 0 Å². The molecule has 1 N–H and O–H groups in total. The van der Waals surface area contributed by atoms with Crippen LogP contribution in [0.1, 0.15) is 37.7 Å². The van der Waals surface area contributed by atoms with E-state index >= 15 is 0 Å². The standard InChI is InChI=1S/C22H30N2O.CH2O2/c25-22(21-19-11-17-10-18(13-19)14-20(21)12-17)24-8-6-23(7-9-24)15-16-4-2-1-3-5-16;2-1-3/h1-5,17-21H,6-15H2;1H,(H,2,3). The Morgan fingerprint density at radius 3 is 2.00 bits per heavy atom. The number of carbonyl (C=O) groups is 2. The average Bonchev–Trinajstić information content (AvgIpc) is 2.69. The number of carboxylic acid groups (broad SMARTS) is 1. The van der Waals surface area contributed by atoms with E-state index in [9.17, 15) is 4.79 Å². The van der Waals surface area contributed by atoms with Crippen LogP contribution in [0.5, 0.6) is 0 Å². The first-order valence-electron chi connectivity index (χ1n) is 10.8. The zero-order valence-electron chi connectivity index (χ0n) is 16.6. The maximum Gasteiger partial charge on any atom is 0.290 e. The zero-order valence-corrected chi connectivity index (χ0v) is 16.6. The molecule has 28 heavy (non-hydrogen) atoms. The lowest BCUT2D eigenvalue weighted by Gasteiger charge is -2.54. The SMILES string of the molecule is O=C(C1C2CC3CC(C2)CC1C3)N1CCN(Cc2ccccc2)CC1.O=CO. The van der Waals surface area contributed by atoms with E-state index in [-0.39, 0.29) is 6.47 Å². The Bertz CT molecular complexity index is 642. The van der Waals surface area contributed by atoms with Crippen LogP contribution >= 0.6 is 0 Å². The summed E-state index contributed by atoms with van der Waals surface area (Å²) in [6, 6.07) is 10.7. The molecule has 6 rings (SSSR count). The van der Waals surface area contributed by atoms with E-state index in [0.29, 0.717) is 23.7 Å². The van der Waals surface area contributed by atoms with Gasteiger partial charge in [0.15, 0.2) is 0 Å². The molecule has 152 valence electrons. The predicted molar refractivity (Wildman–Crippen MR) is 108 cm³/mol. The first-order chi connectivity index (χ1) is 13.7. The third kappa shape index (κ3) is 4.09. The molecule has 4 bridgehead atoms. The van der Waals surface area contributed by atoms with Crippen molar-refractivity contribution in [2.24, 2.45) is 29.6 Å². The molecule has 1 aromatic rings. The molecular formula is C23H32N2O3. The van der Waals surface area contributed by atoms with Crippen molar-refractivity contribution in [2.75, 3.05) is 26.2 Å². The Labute approximate surface area is 167 Å². The van der Waals surface area contributed by atoms with Gasteiger partial charge >= 0.3 is 0 Å². The van der Waals surface area contributed by atoms with E-state index in [2.05, 4.69) is 40.1 Å². The summed E-state index contributed by atoms with van der Waals surface area (Å²) in [5.74, 6) is 4.21. The minimum Gasteiger partial charge on any atom is -0.483 e. The minimum atomic E-state index is -0.250. The van der Waals surface area contributed by atoms with E-state index in [1.54, 1.807) is 0 Å². The van der Waals surface area contributed by atoms with E-state index < -0.39 is 0 Å². The molecule has 5 aliphatic rings. The largest absolute Gasteiger partial charge is 0.483 e. The lowest BCUT2D eigenvalue weighted by atomic mass is 9.51. The third-order valence-electron chi connectivity index (χ3n) is 7.44. The van der Waals surface area contributed by atoms with Gasteiger partial charge in [-0.1, -0.05) is 30.3 Å². The molecule has 1 heterocycles. The first-order valence-corrected chi connectivity index (χ1v) is 10.8. The number of hydrogen-bond acceptors (Lipinski definition) is 3. The molecule has 0 radical (unpaired) electrons. The van der Waals surface area contributed by atoms with Gasteiger partial charge in [-0.05, 0) is 61.3 Å². The molecule has 1 amide bonds. The summed E-state index contributed by atoms with van der Waals surface area (Å²) in [4.78, 5) is 26.3. The Kier molecular flexibility index (Phi) is 6.00. The highest BCUT2D eigenvalue weighted by Crippen LogP contribution is 2.56. The molecule has 1 saturated heterocycles. The van der Waals surface area contributed by atoms with Gasteiger partial charge in [-0.3, -0.25) is 14.5 Å². The Morgan fingerprint density at radius 2 is 1.46 bits per heavy atom. The smallest absolute Gasteiger partial charge is 0.290 e. The first kappa shape index (κ1) is 19.4. The molecule has 0 unspecified atom stereocenters. The Hall–Kier alpha value is -1.88. The number of nitrogens with zero attached hydrogens (tertiary/aromatic N) is 2. The highest BCUT2D eigenvalue weighted by Gasteiger charge is 2.51. The van der Waals surface area contributed by atoms with Gasteiger partial charge in [0.1, 0.15) is 0 Å². The van der Waals surface area contributed by atoms with Crippen LogP contribution in [-0.2, 0) is 16.1 Å². The quantitative estimate of drug-likeness (QED) is 0.814. The lowest BCUT2D eigenvalue weighted by Crippen LogP contribution is -2.55. The Morgan fingerprint density at radius 1 is 0.929 bits per heavy atom. The fourth-order valence-electron chi connectivity index (χ4n) is 6.51. The van der Waals surface area contributed by atoms with Crippen molar-refractivity contribution in [1.29, 1.82) is 0 Å². The number of rotatable bonds is 3. The van der Waals surface area contributed by atoms with E-state index in [0.717, 1.165) is 44.6 Å². The van der Waals surface area contributed by atoms with Gasteiger partial charge in [0.25, 0.3) is 6.47 Å². The van der Waals surface area contributed by atoms with Gasteiger partial charge < -0.3 is 10.0 Å². The zero-order chi connectivity index (χ0) is 19.5. The van der Waals surface area contributed by atoms with Crippen molar-refractivity contribution in [3.05, 3.63) is 35.9 Å². The van der Waals surface area contributed by atoms with Crippen LogP contribution in [0, 0.1) is 29.6 Å². The fraction of sp³-hybridized carbons (Fsp3) is 0.652. The van der Waals surface area contributed by atoms with Gasteiger partial charge in [0, 0.05) is 38.6 Å². The van der Waals surface area contributed by atoms with E-state index in [1.807, 2.05) is 0 Å². The summed E-state index contributed by atoms with van der Waals surface area (Å²) < 4.78 is 0. The Balaban J connectivity index is 0.000000604. The summed E-state index contributed by atoms with van der Waals surface area (Å²) in [7, 11) is 0. The monoisotopic (exact) mass is 384 g/mol. The molecule has 0 aromatic heterocycles. The van der Waals surface area contributed by atoms with Crippen LogP contribution in [0.15, 0.2) is 30.3 Å². The van der Waals surface area contributed by atoms with Crippen molar-refractivity contribution < 1.29 is 14.7 Å². The van der Waals surface area contributed by atoms with Gasteiger partial charge in [-0.25, -0.2) is 0 Å². The molecule has 4 saturated carbocycles. The number of benzene rings is 1. The number of piperazine rings is 1. The highest BCUT2D eigenvalue weighted by molar-refractivity contribution is 5.80. The molecule has 5 heteroatoms. The molecule has 1 aliphatic heterocycles. The molecule has 1 aromatic carbocycles. The lowest BCUT2D eigenvalue weighted by molar-refractivity contribution is -0.150. The summed E-state index contributed by atoms with van der Waals surface area (Å²) in [5, 5.41) is 6.89. The average molecular weight is 385 g/mol. The normalized spacial score (nSPS) is 33.9. The fourth-order valence-corrected chi connectivity index (χ4v) is 6.51. The van der Waals surface area contributed by atoms with Crippen molar-refractivity contribution in [2.45, 2.75) is 38.6 Å². The molecule has 0 spiro atoms. The van der Waals surface area contributed by atoms with E-state index in [4.69, 9.17) is 9.90 Å². The van der Waals surface area contributed by atoms with Crippen LogP contribution in [0.4, 0.5) is 0 Å². The van der Waals surface area contributed by atoms with Gasteiger partial charge in [0.2, 0.25) is 5.91 Å². The second-order valence-corrected chi connectivity index (χ2v) is 9.15. The number of hydrogen-bond donors (Lipinski definition) is 1. The molecule has 0 atom stereocenters. The summed E-state index contributed by atoms with van der Waals surface area (Å²) in [6.45, 7) is 4.66. The second-order valence-electron chi connectivity index (χ2n) is 9.15. The topological polar surface area (TPSA) is 60.9 Å².